The normalized spacial score (nSPS) is 11.4. The summed E-state index contributed by atoms with van der Waals surface area (Å²) in [6.07, 6.45) is 4.34. The SMILES string of the molecule is CCCCc1ncc(S(=O)(=O)c2ccc(Br)cc2)cc1N(C)c1ccc(C)cc1. The first-order chi connectivity index (χ1) is 13.8. The van der Waals surface area contributed by atoms with Gasteiger partial charge in [0.1, 0.15) is 0 Å². The average molecular weight is 473 g/mol. The summed E-state index contributed by atoms with van der Waals surface area (Å²) in [7, 11) is -1.70. The van der Waals surface area contributed by atoms with Crippen molar-refractivity contribution in [1.29, 1.82) is 0 Å². The largest absolute Gasteiger partial charge is 0.343 e. The highest BCUT2D eigenvalue weighted by Crippen LogP contribution is 2.31. The molecule has 0 unspecified atom stereocenters. The van der Waals surface area contributed by atoms with E-state index in [9.17, 15) is 8.42 Å². The zero-order valence-corrected chi connectivity index (χ0v) is 19.3. The molecule has 0 radical (unpaired) electrons. The lowest BCUT2D eigenvalue weighted by atomic mass is 10.1. The van der Waals surface area contributed by atoms with E-state index in [1.54, 1.807) is 30.3 Å². The molecule has 1 aromatic heterocycles. The molecule has 4 nitrogen and oxygen atoms in total. The Morgan fingerprint density at radius 2 is 1.66 bits per heavy atom. The van der Waals surface area contributed by atoms with Gasteiger partial charge in [0.2, 0.25) is 9.84 Å². The predicted molar refractivity (Wildman–Crippen MR) is 122 cm³/mol. The molecule has 0 amide bonds. The van der Waals surface area contributed by atoms with E-state index in [2.05, 4.69) is 27.8 Å². The number of pyridine rings is 1. The first-order valence-corrected chi connectivity index (χ1v) is 11.9. The van der Waals surface area contributed by atoms with Crippen molar-refractivity contribution in [1.82, 2.24) is 4.98 Å². The van der Waals surface area contributed by atoms with Crippen LogP contribution in [0.2, 0.25) is 0 Å². The topological polar surface area (TPSA) is 50.3 Å². The number of hydrogen-bond donors (Lipinski definition) is 0. The van der Waals surface area contributed by atoms with Crippen molar-refractivity contribution in [2.45, 2.75) is 42.9 Å². The number of sulfone groups is 1. The molecule has 0 atom stereocenters. The number of anilines is 2. The number of unbranched alkanes of at least 4 members (excludes halogenated alkanes) is 1. The number of rotatable bonds is 7. The molecular formula is C23H25BrN2O2S. The van der Waals surface area contributed by atoms with Gasteiger partial charge in [0.25, 0.3) is 0 Å². The zero-order valence-electron chi connectivity index (χ0n) is 16.9. The minimum absolute atomic E-state index is 0.203. The van der Waals surface area contributed by atoms with Crippen LogP contribution in [-0.4, -0.2) is 20.4 Å². The third-order valence-corrected chi connectivity index (χ3v) is 7.17. The fourth-order valence-corrected chi connectivity index (χ4v) is 4.58. The molecule has 0 saturated carbocycles. The van der Waals surface area contributed by atoms with E-state index >= 15 is 0 Å². The molecule has 3 aromatic rings. The Kier molecular flexibility index (Phi) is 6.75. The van der Waals surface area contributed by atoms with Crippen molar-refractivity contribution in [2.24, 2.45) is 0 Å². The lowest BCUT2D eigenvalue weighted by Gasteiger charge is -2.23. The summed E-state index contributed by atoms with van der Waals surface area (Å²) in [6, 6.07) is 16.6. The third-order valence-electron chi connectivity index (χ3n) is 4.91. The Morgan fingerprint density at radius 1 is 1.00 bits per heavy atom. The number of nitrogens with zero attached hydrogens (tertiary/aromatic N) is 2. The summed E-state index contributed by atoms with van der Waals surface area (Å²) in [5, 5.41) is 0. The van der Waals surface area contributed by atoms with Gasteiger partial charge in [-0.15, -0.1) is 0 Å². The third kappa shape index (κ3) is 4.87. The van der Waals surface area contributed by atoms with Gasteiger partial charge in [-0.1, -0.05) is 47.0 Å². The summed E-state index contributed by atoms with van der Waals surface area (Å²) in [5.41, 5.74) is 3.90. The van der Waals surface area contributed by atoms with Crippen molar-refractivity contribution in [3.8, 4) is 0 Å². The minimum Gasteiger partial charge on any atom is -0.343 e. The molecule has 0 spiro atoms. The van der Waals surface area contributed by atoms with E-state index in [-0.39, 0.29) is 9.79 Å². The second-order valence-corrected chi connectivity index (χ2v) is 9.96. The van der Waals surface area contributed by atoms with E-state index in [0.717, 1.165) is 40.8 Å². The molecular weight excluding hydrogens is 448 g/mol. The summed E-state index contributed by atoms with van der Waals surface area (Å²) < 4.78 is 27.1. The molecule has 152 valence electrons. The Balaban J connectivity index is 2.07. The smallest absolute Gasteiger partial charge is 0.208 e. The molecule has 0 aliphatic rings. The average Bonchev–Trinajstić information content (AvgIpc) is 2.72. The fraction of sp³-hybridized carbons (Fsp3) is 0.261. The maximum atomic E-state index is 13.2. The van der Waals surface area contributed by atoms with E-state index < -0.39 is 9.84 Å². The van der Waals surface area contributed by atoms with Gasteiger partial charge in [-0.3, -0.25) is 4.98 Å². The maximum absolute atomic E-state index is 13.2. The van der Waals surface area contributed by atoms with E-state index in [1.807, 2.05) is 43.1 Å². The number of halogens is 1. The number of aryl methyl sites for hydroxylation is 2. The molecule has 6 heteroatoms. The molecule has 0 aliphatic carbocycles. The van der Waals surface area contributed by atoms with Crippen molar-refractivity contribution >= 4 is 37.1 Å². The quantitative estimate of drug-likeness (QED) is 0.416. The van der Waals surface area contributed by atoms with Gasteiger partial charge in [0.15, 0.2) is 0 Å². The van der Waals surface area contributed by atoms with Crippen LogP contribution < -0.4 is 4.90 Å². The van der Waals surface area contributed by atoms with Crippen LogP contribution in [0.4, 0.5) is 11.4 Å². The molecule has 2 aromatic carbocycles. The first kappa shape index (κ1) is 21.5. The van der Waals surface area contributed by atoms with Crippen molar-refractivity contribution in [2.75, 3.05) is 11.9 Å². The van der Waals surface area contributed by atoms with Gasteiger partial charge in [-0.25, -0.2) is 8.42 Å². The molecule has 0 N–H and O–H groups in total. The molecule has 0 saturated heterocycles. The zero-order chi connectivity index (χ0) is 21.0. The van der Waals surface area contributed by atoms with Crippen LogP contribution in [0, 0.1) is 6.92 Å². The monoisotopic (exact) mass is 472 g/mol. The fourth-order valence-electron chi connectivity index (χ4n) is 3.09. The van der Waals surface area contributed by atoms with Gasteiger partial charge in [-0.05, 0) is 62.2 Å². The molecule has 0 bridgehead atoms. The number of aromatic nitrogens is 1. The van der Waals surface area contributed by atoms with Gasteiger partial charge in [0.05, 0.1) is 21.2 Å². The van der Waals surface area contributed by atoms with Gasteiger partial charge < -0.3 is 4.90 Å². The lowest BCUT2D eigenvalue weighted by molar-refractivity contribution is 0.595. The van der Waals surface area contributed by atoms with Gasteiger partial charge in [0, 0.05) is 23.4 Å². The number of benzene rings is 2. The summed E-state index contributed by atoms with van der Waals surface area (Å²) in [4.78, 5) is 7.03. The maximum Gasteiger partial charge on any atom is 0.208 e. The second-order valence-electron chi connectivity index (χ2n) is 7.09. The van der Waals surface area contributed by atoms with Crippen LogP contribution in [-0.2, 0) is 16.3 Å². The Hall–Kier alpha value is -2.18. The standard InChI is InChI=1S/C23H25BrN2O2S/c1-4-5-6-22-23(26(3)19-11-7-17(2)8-12-19)15-21(16-25-22)29(27,28)20-13-9-18(24)10-14-20/h7-16H,4-6H2,1-3H3. The van der Waals surface area contributed by atoms with Gasteiger partial charge in [-0.2, -0.15) is 0 Å². The highest BCUT2D eigenvalue weighted by atomic mass is 79.9. The Bertz CT molecular complexity index is 1080. The molecule has 29 heavy (non-hydrogen) atoms. The van der Waals surface area contributed by atoms with Crippen molar-refractivity contribution in [3.63, 3.8) is 0 Å². The number of hydrogen-bond acceptors (Lipinski definition) is 4. The minimum atomic E-state index is -3.65. The van der Waals surface area contributed by atoms with Crippen LogP contribution in [0.1, 0.15) is 31.0 Å². The van der Waals surface area contributed by atoms with Crippen LogP contribution in [0.25, 0.3) is 0 Å². The van der Waals surface area contributed by atoms with Crippen molar-refractivity contribution in [3.05, 3.63) is 76.5 Å². The molecule has 3 rings (SSSR count). The van der Waals surface area contributed by atoms with Crippen molar-refractivity contribution < 1.29 is 8.42 Å². The van der Waals surface area contributed by atoms with Gasteiger partial charge >= 0.3 is 0 Å². The Morgan fingerprint density at radius 3 is 2.28 bits per heavy atom. The summed E-state index contributed by atoms with van der Waals surface area (Å²) in [6.45, 7) is 4.18. The second kappa shape index (κ2) is 9.09. The highest BCUT2D eigenvalue weighted by Gasteiger charge is 2.21. The predicted octanol–water partition coefficient (Wildman–Crippen LogP) is 6.10. The van der Waals surface area contributed by atoms with Crippen LogP contribution in [0.3, 0.4) is 0 Å². The van der Waals surface area contributed by atoms with E-state index in [1.165, 1.54) is 11.8 Å². The summed E-state index contributed by atoms with van der Waals surface area (Å²) >= 11 is 3.35. The van der Waals surface area contributed by atoms with E-state index in [4.69, 9.17) is 0 Å². The van der Waals surface area contributed by atoms with E-state index in [0.29, 0.717) is 0 Å². The lowest BCUT2D eigenvalue weighted by Crippen LogP contribution is -2.14. The molecule has 0 aliphatic heterocycles. The Labute approximate surface area is 181 Å². The van der Waals surface area contributed by atoms with Crippen LogP contribution >= 0.6 is 15.9 Å². The highest BCUT2D eigenvalue weighted by molar-refractivity contribution is 9.10. The first-order valence-electron chi connectivity index (χ1n) is 9.63. The van der Waals surface area contributed by atoms with Crippen LogP contribution in [0.15, 0.2) is 75.1 Å². The molecule has 1 heterocycles. The summed E-state index contributed by atoms with van der Waals surface area (Å²) in [5.74, 6) is 0. The van der Waals surface area contributed by atoms with Crippen LogP contribution in [0.5, 0.6) is 0 Å². The molecule has 0 fully saturated rings.